The minimum atomic E-state index is 0.611. The molecule has 2 nitrogen and oxygen atoms in total. The molecule has 0 N–H and O–H groups in total. The summed E-state index contributed by atoms with van der Waals surface area (Å²) in [6.45, 7) is 3.28. The Kier molecular flexibility index (Phi) is 3.98. The Morgan fingerprint density at radius 1 is 1.12 bits per heavy atom. The summed E-state index contributed by atoms with van der Waals surface area (Å²) in [7, 11) is 2.33. The Labute approximate surface area is 163 Å². The van der Waals surface area contributed by atoms with E-state index in [0.717, 1.165) is 19.0 Å². The second kappa shape index (κ2) is 6.24. The highest BCUT2D eigenvalue weighted by molar-refractivity contribution is 9.10. The Balaban J connectivity index is 1.60. The molecular weight excluding hydrogens is 384 g/mol. The first kappa shape index (κ1) is 16.6. The molecule has 3 heteroatoms. The van der Waals surface area contributed by atoms with E-state index in [1.54, 1.807) is 11.3 Å². The second-order valence-electron chi connectivity index (χ2n) is 8.03. The Morgan fingerprint density at radius 3 is 2.85 bits per heavy atom. The number of hydrogen-bond donors (Lipinski definition) is 0. The minimum Gasteiger partial charge on any atom is -0.344 e. The smallest absolute Gasteiger partial charge is 0.0486 e. The maximum Gasteiger partial charge on any atom is 0.0486 e. The molecule has 1 fully saturated rings. The van der Waals surface area contributed by atoms with Gasteiger partial charge in [0.2, 0.25) is 0 Å². The number of benzene rings is 2. The van der Waals surface area contributed by atoms with E-state index in [2.05, 4.69) is 81.8 Å². The van der Waals surface area contributed by atoms with Crippen molar-refractivity contribution in [3.05, 3.63) is 69.3 Å². The molecule has 1 aromatic heterocycles. The lowest BCUT2D eigenvalue weighted by molar-refractivity contribution is 0.222. The molecule has 2 aliphatic heterocycles. The van der Waals surface area contributed by atoms with Crippen molar-refractivity contribution in [3.8, 4) is 0 Å². The van der Waals surface area contributed by atoms with Gasteiger partial charge in [0, 0.05) is 46.1 Å². The molecule has 134 valence electrons. The van der Waals surface area contributed by atoms with Crippen LogP contribution in [0.5, 0.6) is 0 Å². The van der Waals surface area contributed by atoms with Gasteiger partial charge >= 0.3 is 0 Å². The number of rotatable bonds is 3. The van der Waals surface area contributed by atoms with Crippen molar-refractivity contribution in [1.29, 1.82) is 0 Å². The van der Waals surface area contributed by atoms with Crippen LogP contribution in [-0.2, 0) is 19.4 Å². The summed E-state index contributed by atoms with van der Waals surface area (Å²) in [4.78, 5) is 2.63. The molecule has 2 atom stereocenters. The fraction of sp³-hybridized carbons (Fsp3) is 0.391. The molecule has 3 heterocycles. The molecule has 0 saturated carbocycles. The molecule has 0 spiro atoms. The van der Waals surface area contributed by atoms with Crippen LogP contribution >= 0.6 is 15.9 Å². The normalized spacial score (nSPS) is 22.1. The lowest BCUT2D eigenvalue weighted by Crippen LogP contribution is -2.34. The number of hydrogen-bond acceptors (Lipinski definition) is 1. The molecule has 0 radical (unpaired) electrons. The molecule has 2 aromatic carbocycles. The van der Waals surface area contributed by atoms with E-state index < -0.39 is 0 Å². The summed E-state index contributed by atoms with van der Waals surface area (Å²) >= 11 is 3.61. The van der Waals surface area contributed by atoms with Gasteiger partial charge in [0.25, 0.3) is 0 Å². The molecule has 3 aromatic rings. The van der Waals surface area contributed by atoms with Crippen molar-refractivity contribution in [1.82, 2.24) is 9.47 Å². The van der Waals surface area contributed by atoms with E-state index in [4.69, 9.17) is 0 Å². The fourth-order valence-electron chi connectivity index (χ4n) is 5.16. The lowest BCUT2D eigenvalue weighted by Gasteiger charge is -2.32. The van der Waals surface area contributed by atoms with Gasteiger partial charge in [0.15, 0.2) is 0 Å². The first-order valence-electron chi connectivity index (χ1n) is 9.70. The molecule has 2 unspecified atom stereocenters. The van der Waals surface area contributed by atoms with Crippen LogP contribution in [-0.4, -0.2) is 22.6 Å². The number of aromatic nitrogens is 1. The van der Waals surface area contributed by atoms with Crippen LogP contribution in [0, 0.1) is 6.92 Å². The van der Waals surface area contributed by atoms with Crippen LogP contribution in [0.2, 0.25) is 0 Å². The van der Waals surface area contributed by atoms with Gasteiger partial charge in [0.05, 0.1) is 0 Å². The highest BCUT2D eigenvalue weighted by Gasteiger charge is 2.40. The molecule has 0 amide bonds. The van der Waals surface area contributed by atoms with Gasteiger partial charge in [0.1, 0.15) is 0 Å². The topological polar surface area (TPSA) is 8.17 Å². The van der Waals surface area contributed by atoms with Gasteiger partial charge in [-0.3, -0.25) is 4.90 Å². The zero-order valence-corrected chi connectivity index (χ0v) is 17.1. The van der Waals surface area contributed by atoms with Crippen LogP contribution in [0.3, 0.4) is 0 Å². The van der Waals surface area contributed by atoms with E-state index in [0.29, 0.717) is 6.04 Å². The monoisotopic (exact) mass is 408 g/mol. The van der Waals surface area contributed by atoms with Gasteiger partial charge in [-0.05, 0) is 68.6 Å². The van der Waals surface area contributed by atoms with Gasteiger partial charge in [-0.15, -0.1) is 0 Å². The van der Waals surface area contributed by atoms with E-state index in [1.165, 1.54) is 45.8 Å². The standard InChI is InChI=1S/C23H25BrN2/c1-15-6-8-20-19(12-15)23-21-9-7-18(25(21)2)14-22(23)26(20)11-10-16-4-3-5-17(24)13-16/h3-6,8,12-13,18,21H,7,9-11,14H2,1-2H3. The van der Waals surface area contributed by atoms with Crippen molar-refractivity contribution in [2.75, 3.05) is 7.05 Å². The molecule has 2 aliphatic rings. The first-order valence-corrected chi connectivity index (χ1v) is 10.5. The quantitative estimate of drug-likeness (QED) is 0.543. The van der Waals surface area contributed by atoms with Gasteiger partial charge < -0.3 is 4.57 Å². The average molecular weight is 409 g/mol. The maximum atomic E-state index is 3.61. The fourth-order valence-corrected chi connectivity index (χ4v) is 5.60. The van der Waals surface area contributed by atoms with E-state index in [-0.39, 0.29) is 0 Å². The maximum absolute atomic E-state index is 3.61. The summed E-state index contributed by atoms with van der Waals surface area (Å²) in [6, 6.07) is 17.1. The molecule has 26 heavy (non-hydrogen) atoms. The van der Waals surface area contributed by atoms with Crippen molar-refractivity contribution in [2.45, 2.75) is 51.2 Å². The lowest BCUT2D eigenvalue weighted by atomic mass is 9.97. The SMILES string of the molecule is Cc1ccc2c(c1)c1c(n2CCc2cccc(Br)c2)CC2CCC1N2C. The first-order chi connectivity index (χ1) is 12.6. The van der Waals surface area contributed by atoms with Crippen molar-refractivity contribution in [2.24, 2.45) is 0 Å². The highest BCUT2D eigenvalue weighted by Crippen LogP contribution is 2.47. The van der Waals surface area contributed by atoms with Crippen LogP contribution < -0.4 is 0 Å². The molecule has 1 saturated heterocycles. The van der Waals surface area contributed by atoms with E-state index >= 15 is 0 Å². The summed E-state index contributed by atoms with van der Waals surface area (Å²) in [5, 5.41) is 1.49. The van der Waals surface area contributed by atoms with Gasteiger partial charge in [-0.1, -0.05) is 39.7 Å². The molecule has 0 aliphatic carbocycles. The highest BCUT2D eigenvalue weighted by atomic mass is 79.9. The van der Waals surface area contributed by atoms with Crippen LogP contribution in [0.25, 0.3) is 10.9 Å². The van der Waals surface area contributed by atoms with E-state index in [9.17, 15) is 0 Å². The summed E-state index contributed by atoms with van der Waals surface area (Å²) in [5.41, 5.74) is 7.42. The van der Waals surface area contributed by atoms with Crippen molar-refractivity contribution < 1.29 is 0 Å². The Bertz CT molecular complexity index is 987. The predicted octanol–water partition coefficient (Wildman–Crippen LogP) is 5.65. The van der Waals surface area contributed by atoms with Crippen LogP contribution in [0.4, 0.5) is 0 Å². The summed E-state index contributed by atoms with van der Waals surface area (Å²) < 4.78 is 3.80. The number of likely N-dealkylation sites (N-methyl/N-ethyl adjacent to an activating group) is 1. The summed E-state index contributed by atoms with van der Waals surface area (Å²) in [6.07, 6.45) is 4.94. The Hall–Kier alpha value is -1.58. The van der Waals surface area contributed by atoms with Crippen molar-refractivity contribution in [3.63, 3.8) is 0 Å². The third-order valence-electron chi connectivity index (χ3n) is 6.49. The largest absolute Gasteiger partial charge is 0.344 e. The number of nitrogens with zero attached hydrogens (tertiary/aromatic N) is 2. The number of halogens is 1. The predicted molar refractivity (Wildman–Crippen MR) is 112 cm³/mol. The Morgan fingerprint density at radius 2 is 2.00 bits per heavy atom. The third-order valence-corrected chi connectivity index (χ3v) is 6.98. The van der Waals surface area contributed by atoms with Crippen LogP contribution in [0.1, 0.15) is 41.3 Å². The van der Waals surface area contributed by atoms with E-state index in [1.807, 2.05) is 0 Å². The zero-order chi connectivity index (χ0) is 17.8. The van der Waals surface area contributed by atoms with Crippen molar-refractivity contribution >= 4 is 26.8 Å². The zero-order valence-electron chi connectivity index (χ0n) is 15.5. The van der Waals surface area contributed by atoms with Gasteiger partial charge in [-0.25, -0.2) is 0 Å². The molecule has 2 bridgehead atoms. The van der Waals surface area contributed by atoms with Gasteiger partial charge in [-0.2, -0.15) is 0 Å². The summed E-state index contributed by atoms with van der Waals surface area (Å²) in [5.74, 6) is 0. The minimum absolute atomic E-state index is 0.611. The third kappa shape index (κ3) is 2.56. The molecular formula is C23H25BrN2. The number of fused-ring (bicyclic) bond motifs is 6. The number of aryl methyl sites for hydroxylation is 3. The molecule has 5 rings (SSSR count). The average Bonchev–Trinajstić information content (AvgIpc) is 3.03. The second-order valence-corrected chi connectivity index (χ2v) is 8.94. The van der Waals surface area contributed by atoms with Crippen LogP contribution in [0.15, 0.2) is 46.9 Å².